The zero-order chi connectivity index (χ0) is 44.0. The van der Waals surface area contributed by atoms with E-state index < -0.39 is 45.0 Å². The molecule has 0 fully saturated rings. The molecular formula is C33H90Li3N5O14Si5. The van der Waals surface area contributed by atoms with Crippen molar-refractivity contribution in [1.29, 1.82) is 0 Å². The summed E-state index contributed by atoms with van der Waals surface area (Å²) in [7, 11) is 21.4. The van der Waals surface area contributed by atoms with Gasteiger partial charge in [0.25, 0.3) is 0 Å². The minimum Gasteiger partial charge on any atom is -0.665 e. The van der Waals surface area contributed by atoms with Gasteiger partial charge in [-0.1, -0.05) is 19.3 Å². The summed E-state index contributed by atoms with van der Waals surface area (Å²) >= 11 is 0. The van der Waals surface area contributed by atoms with Crippen LogP contribution in [0.25, 0.3) is 16.0 Å². The van der Waals surface area contributed by atoms with Crippen molar-refractivity contribution in [2.75, 3.05) is 160 Å². The fourth-order valence-electron chi connectivity index (χ4n) is 4.58. The van der Waals surface area contributed by atoms with Gasteiger partial charge in [-0.05, 0) is 52.1 Å². The Morgan fingerprint density at radius 1 is 0.383 bits per heavy atom. The molecule has 0 amide bonds. The first-order valence-corrected chi connectivity index (χ1v) is 28.3. The van der Waals surface area contributed by atoms with Crippen molar-refractivity contribution in [1.82, 2.24) is 10.6 Å². The third kappa shape index (κ3) is 49.5. The second kappa shape index (κ2) is 63.2. The summed E-state index contributed by atoms with van der Waals surface area (Å²) in [4.78, 5) is 0. The van der Waals surface area contributed by atoms with Crippen molar-refractivity contribution < 1.29 is 120 Å². The third-order valence-electron chi connectivity index (χ3n) is 8.18. The zero-order valence-corrected chi connectivity index (χ0v) is 47.7. The molecule has 4 N–H and O–H groups in total. The molecule has 19 nitrogen and oxygen atoms in total. The standard InChI is InChI=1S/C7H19NO3Si.2C7H18NO3Si.C6H17NO2Si.C6H16NO2Si.3Li.H2O/c3*1-8-6-5-7-12(9-2,10-3)11-4;2*1-7-5-4-6-10(8-2)9-3;;;;/h8H,5-7H2,1-4H3;2*5-7H2,1-4H3;7,10H,4-6H2,1-3H3;10H,4-6H2,1-3H3;;;;1H2/q;2*-1;;-1;3*+1;. The summed E-state index contributed by atoms with van der Waals surface area (Å²) in [6.07, 6.45) is 5.17. The quantitative estimate of drug-likeness (QED) is 0.0463. The molecule has 0 radical (unpaired) electrons. The Balaban J connectivity index is -0.0000000763. The predicted molar refractivity (Wildman–Crippen MR) is 244 cm³/mol. The fourth-order valence-corrected chi connectivity index (χ4v) is 12.1. The molecule has 0 aliphatic heterocycles. The molecule has 0 aromatic heterocycles. The van der Waals surface area contributed by atoms with E-state index in [2.05, 4.69) is 26.6 Å². The summed E-state index contributed by atoms with van der Waals surface area (Å²) in [5.41, 5.74) is 0. The van der Waals surface area contributed by atoms with Crippen molar-refractivity contribution in [3.8, 4) is 0 Å². The second-order valence-electron chi connectivity index (χ2n) is 11.6. The molecule has 354 valence electrons. The van der Waals surface area contributed by atoms with Crippen LogP contribution in [0.5, 0.6) is 0 Å². The van der Waals surface area contributed by atoms with Crippen LogP contribution in [0.15, 0.2) is 0 Å². The predicted octanol–water partition coefficient (Wildman–Crippen LogP) is -5.82. The first kappa shape index (κ1) is 82.2. The van der Waals surface area contributed by atoms with E-state index in [1.807, 2.05) is 21.1 Å². The number of hydrogen-bond acceptors (Lipinski definition) is 15. The summed E-state index contributed by atoms with van der Waals surface area (Å²) in [6, 6.07) is 4.66. The molecule has 0 spiro atoms. The molecule has 0 bridgehead atoms. The Morgan fingerprint density at radius 2 is 0.617 bits per heavy atom. The molecule has 0 aromatic carbocycles. The van der Waals surface area contributed by atoms with Gasteiger partial charge >= 0.3 is 102 Å². The molecule has 60 heavy (non-hydrogen) atoms. The monoisotopic (exact) mass is 942 g/mol. The van der Waals surface area contributed by atoms with Crippen molar-refractivity contribution >= 4 is 45.0 Å². The van der Waals surface area contributed by atoms with Crippen LogP contribution in [0.1, 0.15) is 32.1 Å². The van der Waals surface area contributed by atoms with Gasteiger partial charge in [-0.25, -0.2) is 0 Å². The van der Waals surface area contributed by atoms with Crippen LogP contribution < -0.4 is 67.2 Å². The van der Waals surface area contributed by atoms with E-state index in [0.29, 0.717) is 0 Å². The summed E-state index contributed by atoms with van der Waals surface area (Å²) in [5.74, 6) is 0. The normalized spacial score (nSPS) is 10.8. The molecule has 0 heterocycles. The molecule has 0 saturated heterocycles. The Kier molecular flexibility index (Phi) is 86.6. The third-order valence-corrected chi connectivity index (χ3v) is 20.5. The van der Waals surface area contributed by atoms with Crippen molar-refractivity contribution in [2.24, 2.45) is 0 Å². The number of hydrogen-bond donors (Lipinski definition) is 2. The van der Waals surface area contributed by atoms with Gasteiger partial charge in [0.05, 0.1) is 0 Å². The molecular weight excluding hydrogens is 852 g/mol. The van der Waals surface area contributed by atoms with E-state index >= 15 is 0 Å². The largest absolute Gasteiger partial charge is 1.00 e. The van der Waals surface area contributed by atoms with E-state index in [-0.39, 0.29) is 62.1 Å². The Morgan fingerprint density at radius 3 is 0.850 bits per heavy atom. The van der Waals surface area contributed by atoms with Gasteiger partial charge < -0.3 is 89.6 Å². The Bertz CT molecular complexity index is 641. The Labute approximate surface area is 411 Å². The fraction of sp³-hybridized carbons (Fsp3) is 1.00. The second-order valence-corrected chi connectivity index (χ2v) is 25.6. The van der Waals surface area contributed by atoms with Gasteiger partial charge in [-0.15, -0.1) is 19.6 Å². The van der Waals surface area contributed by atoms with Gasteiger partial charge in [0, 0.05) is 111 Å². The topological polar surface area (TPSA) is 218 Å². The summed E-state index contributed by atoms with van der Waals surface area (Å²) < 4.78 is 67.7. The van der Waals surface area contributed by atoms with Crippen molar-refractivity contribution in [3.63, 3.8) is 0 Å². The van der Waals surface area contributed by atoms with E-state index in [4.69, 9.17) is 57.5 Å². The van der Waals surface area contributed by atoms with E-state index in [0.717, 1.165) is 95.0 Å². The zero-order valence-electron chi connectivity index (χ0n) is 42.4. The van der Waals surface area contributed by atoms with Crippen LogP contribution in [-0.4, -0.2) is 211 Å². The van der Waals surface area contributed by atoms with Crippen LogP contribution in [0.3, 0.4) is 0 Å². The molecule has 0 aliphatic carbocycles. The summed E-state index contributed by atoms with van der Waals surface area (Å²) in [6.45, 7) is 4.62. The minimum atomic E-state index is -2.31. The van der Waals surface area contributed by atoms with E-state index in [1.54, 1.807) is 107 Å². The maximum absolute atomic E-state index is 5.25. The van der Waals surface area contributed by atoms with E-state index in [9.17, 15) is 0 Å². The SMILES string of the molecule is CNCCC[SiH](OC)OC.CNCCC[Si](OC)(OC)OC.C[N-]CCC[SiH](OC)OC.C[N-]CCC[Si](OC)(OC)OC.C[N-]CCC[Si](OC)(OC)OC.O.[Li+].[Li+].[Li+]. The van der Waals surface area contributed by atoms with Crippen molar-refractivity contribution in [2.45, 2.75) is 62.3 Å². The molecule has 0 aromatic rings. The first-order chi connectivity index (χ1) is 26.9. The average molecular weight is 942 g/mol. The molecule has 0 saturated carbocycles. The average Bonchev–Trinajstić information content (AvgIpc) is 3.25. The van der Waals surface area contributed by atoms with Crippen LogP contribution >= 0.6 is 0 Å². The van der Waals surface area contributed by atoms with Crippen LogP contribution in [0.2, 0.25) is 30.2 Å². The van der Waals surface area contributed by atoms with Crippen LogP contribution in [0, 0.1) is 0 Å². The Hall–Kier alpha value is 2.12. The van der Waals surface area contributed by atoms with Gasteiger partial charge in [0.1, 0.15) is 0 Å². The number of rotatable bonds is 33. The molecule has 0 unspecified atom stereocenters. The van der Waals surface area contributed by atoms with Crippen LogP contribution in [-0.2, 0) is 57.5 Å². The number of nitrogens with one attached hydrogen (secondary N) is 2. The van der Waals surface area contributed by atoms with E-state index in [1.165, 1.54) is 0 Å². The maximum Gasteiger partial charge on any atom is 1.00 e. The van der Waals surface area contributed by atoms with Gasteiger partial charge in [-0.2, -0.15) is 21.1 Å². The van der Waals surface area contributed by atoms with Gasteiger partial charge in [0.15, 0.2) is 0 Å². The van der Waals surface area contributed by atoms with Crippen molar-refractivity contribution in [3.05, 3.63) is 16.0 Å². The van der Waals surface area contributed by atoms with Gasteiger partial charge in [-0.3, -0.25) is 0 Å². The van der Waals surface area contributed by atoms with Gasteiger partial charge in [0.2, 0.25) is 0 Å². The summed E-state index contributed by atoms with van der Waals surface area (Å²) in [5, 5.41) is 18.1. The smallest absolute Gasteiger partial charge is 0.665 e. The maximum atomic E-state index is 5.25. The molecule has 0 atom stereocenters. The minimum absolute atomic E-state index is 0. The first-order valence-electron chi connectivity index (χ1n) is 19.0. The number of nitrogens with zero attached hydrogens (tertiary/aromatic N) is 3. The molecule has 0 rings (SSSR count). The molecule has 0 aliphatic rings. The molecule has 27 heteroatoms. The van der Waals surface area contributed by atoms with Crippen LogP contribution in [0.4, 0.5) is 0 Å².